The highest BCUT2D eigenvalue weighted by molar-refractivity contribution is 6.33. The van der Waals surface area contributed by atoms with Crippen LogP contribution in [0, 0.1) is 0 Å². The molecular weight excluding hydrogens is 204 g/mol. The molecule has 76 valence electrons. The average Bonchev–Trinajstić information content (AvgIpc) is 2.17. The summed E-state index contributed by atoms with van der Waals surface area (Å²) in [6.07, 6.45) is 0. The third-order valence-electron chi connectivity index (χ3n) is 1.88. The van der Waals surface area contributed by atoms with Gasteiger partial charge in [0.05, 0.1) is 22.0 Å². The van der Waals surface area contributed by atoms with E-state index >= 15 is 0 Å². The van der Waals surface area contributed by atoms with Gasteiger partial charge in [-0.15, -0.1) is 0 Å². The monoisotopic (exact) mass is 214 g/mol. The van der Waals surface area contributed by atoms with Crippen molar-refractivity contribution >= 4 is 28.9 Å². The van der Waals surface area contributed by atoms with Crippen LogP contribution in [0.5, 0.6) is 0 Å². The minimum absolute atomic E-state index is 0.163. The highest BCUT2D eigenvalue weighted by atomic mass is 35.5. The molecule has 0 amide bonds. The van der Waals surface area contributed by atoms with Crippen LogP contribution in [0.1, 0.15) is 10.4 Å². The number of carboxylic acid groups (broad SMARTS) is 1. The maximum atomic E-state index is 10.8. The van der Waals surface area contributed by atoms with E-state index in [1.807, 2.05) is 0 Å². The van der Waals surface area contributed by atoms with Gasteiger partial charge in [0.25, 0.3) is 0 Å². The summed E-state index contributed by atoms with van der Waals surface area (Å²) in [6.45, 7) is 0. The fraction of sp³-hybridized carbons (Fsp3) is 0.222. The lowest BCUT2D eigenvalue weighted by molar-refractivity contribution is 0.0698. The van der Waals surface area contributed by atoms with Gasteiger partial charge in [0.2, 0.25) is 0 Å². The second-order valence-corrected chi connectivity index (χ2v) is 3.09. The number of carbonyl (C=O) groups is 1. The molecule has 0 atom stereocenters. The summed E-state index contributed by atoms with van der Waals surface area (Å²) >= 11 is 5.85. The number of nitrogens with one attached hydrogen (secondary N) is 2. The summed E-state index contributed by atoms with van der Waals surface area (Å²) in [5, 5.41) is 14.9. The van der Waals surface area contributed by atoms with E-state index < -0.39 is 5.97 Å². The van der Waals surface area contributed by atoms with E-state index in [1.165, 1.54) is 6.07 Å². The van der Waals surface area contributed by atoms with Crippen molar-refractivity contribution in [3.05, 3.63) is 22.7 Å². The van der Waals surface area contributed by atoms with Gasteiger partial charge in [-0.1, -0.05) is 11.6 Å². The van der Waals surface area contributed by atoms with Gasteiger partial charge in [0, 0.05) is 14.1 Å². The summed E-state index contributed by atoms with van der Waals surface area (Å²) in [6, 6.07) is 3.08. The van der Waals surface area contributed by atoms with Crippen LogP contribution in [0.3, 0.4) is 0 Å². The van der Waals surface area contributed by atoms with E-state index in [-0.39, 0.29) is 5.56 Å². The molecule has 0 aromatic heterocycles. The molecule has 1 rings (SSSR count). The van der Waals surface area contributed by atoms with E-state index in [2.05, 4.69) is 10.6 Å². The smallest absolute Gasteiger partial charge is 0.337 e. The van der Waals surface area contributed by atoms with Crippen molar-refractivity contribution in [1.82, 2.24) is 0 Å². The van der Waals surface area contributed by atoms with Crippen molar-refractivity contribution in [1.29, 1.82) is 0 Å². The first-order chi connectivity index (χ1) is 6.60. The standard InChI is InChI=1S/C9H11ClN2O2/c1-11-7-4-8(12-2)6(10)3-5(7)9(13)14/h3-4,11-12H,1-2H3,(H,13,14). The van der Waals surface area contributed by atoms with E-state index in [0.29, 0.717) is 16.4 Å². The van der Waals surface area contributed by atoms with Crippen LogP contribution >= 0.6 is 11.6 Å². The number of hydrogen-bond donors (Lipinski definition) is 3. The molecule has 5 heteroatoms. The van der Waals surface area contributed by atoms with Gasteiger partial charge in [-0.2, -0.15) is 0 Å². The molecule has 0 saturated heterocycles. The van der Waals surface area contributed by atoms with E-state index in [1.54, 1.807) is 20.2 Å². The molecule has 4 nitrogen and oxygen atoms in total. The summed E-state index contributed by atoms with van der Waals surface area (Å²) in [4.78, 5) is 10.8. The van der Waals surface area contributed by atoms with Crippen molar-refractivity contribution in [2.24, 2.45) is 0 Å². The molecule has 1 aromatic carbocycles. The van der Waals surface area contributed by atoms with Crippen LogP contribution in [0.2, 0.25) is 5.02 Å². The van der Waals surface area contributed by atoms with Crippen LogP contribution in [0.4, 0.5) is 11.4 Å². The summed E-state index contributed by atoms with van der Waals surface area (Å²) in [5.74, 6) is -1.00. The van der Waals surface area contributed by atoms with Crippen molar-refractivity contribution < 1.29 is 9.90 Å². The number of rotatable bonds is 3. The lowest BCUT2D eigenvalue weighted by atomic mass is 10.1. The van der Waals surface area contributed by atoms with E-state index in [0.717, 1.165) is 0 Å². The van der Waals surface area contributed by atoms with Crippen LogP contribution in [-0.2, 0) is 0 Å². The molecule has 0 heterocycles. The molecule has 0 spiro atoms. The number of anilines is 2. The molecule has 0 radical (unpaired) electrons. The Hall–Kier alpha value is -1.42. The first kappa shape index (κ1) is 10.7. The van der Waals surface area contributed by atoms with Crippen LogP contribution in [0.25, 0.3) is 0 Å². The van der Waals surface area contributed by atoms with Gasteiger partial charge < -0.3 is 15.7 Å². The van der Waals surface area contributed by atoms with E-state index in [4.69, 9.17) is 16.7 Å². The number of halogens is 1. The van der Waals surface area contributed by atoms with E-state index in [9.17, 15) is 4.79 Å². The second-order valence-electron chi connectivity index (χ2n) is 2.68. The highest BCUT2D eigenvalue weighted by Crippen LogP contribution is 2.28. The van der Waals surface area contributed by atoms with Crippen LogP contribution in [0.15, 0.2) is 12.1 Å². The lowest BCUT2D eigenvalue weighted by Gasteiger charge is -2.10. The number of benzene rings is 1. The SMILES string of the molecule is CNc1cc(NC)c(C(=O)O)cc1Cl. The maximum Gasteiger partial charge on any atom is 0.337 e. The van der Waals surface area contributed by atoms with Crippen molar-refractivity contribution in [3.63, 3.8) is 0 Å². The predicted octanol–water partition coefficient (Wildman–Crippen LogP) is 2.12. The molecule has 1 aromatic rings. The second kappa shape index (κ2) is 4.19. The Kier molecular flexibility index (Phi) is 3.19. The third-order valence-corrected chi connectivity index (χ3v) is 2.19. The number of aromatic carboxylic acids is 1. The molecular formula is C9H11ClN2O2. The maximum absolute atomic E-state index is 10.8. The molecule has 0 fully saturated rings. The first-order valence-corrected chi connectivity index (χ1v) is 4.40. The van der Waals surface area contributed by atoms with Gasteiger partial charge in [0.1, 0.15) is 0 Å². The van der Waals surface area contributed by atoms with Crippen LogP contribution < -0.4 is 10.6 Å². The normalized spacial score (nSPS) is 9.64. The third kappa shape index (κ3) is 1.90. The molecule has 14 heavy (non-hydrogen) atoms. The van der Waals surface area contributed by atoms with Crippen molar-refractivity contribution in [2.75, 3.05) is 24.7 Å². The van der Waals surface area contributed by atoms with Gasteiger partial charge in [0.15, 0.2) is 0 Å². The fourth-order valence-corrected chi connectivity index (χ4v) is 1.41. The largest absolute Gasteiger partial charge is 0.478 e. The van der Waals surface area contributed by atoms with Gasteiger partial charge in [-0.05, 0) is 12.1 Å². The Morgan fingerprint density at radius 2 is 1.86 bits per heavy atom. The summed E-state index contributed by atoms with van der Waals surface area (Å²) in [7, 11) is 3.39. The lowest BCUT2D eigenvalue weighted by Crippen LogP contribution is -2.04. The Morgan fingerprint density at radius 3 is 2.29 bits per heavy atom. The molecule has 3 N–H and O–H groups in total. The van der Waals surface area contributed by atoms with Crippen LogP contribution in [-0.4, -0.2) is 25.2 Å². The Morgan fingerprint density at radius 1 is 1.29 bits per heavy atom. The summed E-state index contributed by atoms with van der Waals surface area (Å²) < 4.78 is 0. The Balaban J connectivity index is 3.31. The quantitative estimate of drug-likeness (QED) is 0.721. The van der Waals surface area contributed by atoms with Gasteiger partial charge in [-0.25, -0.2) is 4.79 Å². The molecule has 0 unspecified atom stereocenters. The number of carboxylic acids is 1. The van der Waals surface area contributed by atoms with Crippen molar-refractivity contribution in [2.45, 2.75) is 0 Å². The Labute approximate surface area is 86.9 Å². The summed E-state index contributed by atoms with van der Waals surface area (Å²) in [5.41, 5.74) is 1.39. The van der Waals surface area contributed by atoms with Gasteiger partial charge >= 0.3 is 5.97 Å². The number of hydrogen-bond acceptors (Lipinski definition) is 3. The zero-order chi connectivity index (χ0) is 10.7. The molecule has 0 aliphatic carbocycles. The molecule has 0 saturated carbocycles. The molecule has 0 aliphatic heterocycles. The topological polar surface area (TPSA) is 61.4 Å². The zero-order valence-corrected chi connectivity index (χ0v) is 8.64. The van der Waals surface area contributed by atoms with Gasteiger partial charge in [-0.3, -0.25) is 0 Å². The zero-order valence-electron chi connectivity index (χ0n) is 7.89. The fourth-order valence-electron chi connectivity index (χ4n) is 1.15. The molecule has 0 aliphatic rings. The predicted molar refractivity (Wildman–Crippen MR) is 57.5 cm³/mol. The Bertz CT molecular complexity index is 366. The highest BCUT2D eigenvalue weighted by Gasteiger charge is 2.12. The minimum atomic E-state index is -1.00. The minimum Gasteiger partial charge on any atom is -0.478 e. The average molecular weight is 215 g/mol. The van der Waals surface area contributed by atoms with Crippen molar-refractivity contribution in [3.8, 4) is 0 Å². The first-order valence-electron chi connectivity index (χ1n) is 4.02. The molecule has 0 bridgehead atoms.